The van der Waals surface area contributed by atoms with E-state index < -0.39 is 47.4 Å². The van der Waals surface area contributed by atoms with E-state index in [4.69, 9.17) is 21.1 Å². The number of carbonyl (C=O) groups is 5. The van der Waals surface area contributed by atoms with Crippen LogP contribution in [0.25, 0.3) is 0 Å². The number of hydrogen-bond donors (Lipinski definition) is 0. The molecule has 4 rings (SSSR count). The number of piperidine rings is 1. The van der Waals surface area contributed by atoms with Gasteiger partial charge in [0, 0.05) is 20.0 Å². The number of Topliss-reactive ketones (excluding diaryl/α,β-unsaturated/α-hetero) is 1. The lowest BCUT2D eigenvalue weighted by Crippen LogP contribution is -2.59. The summed E-state index contributed by atoms with van der Waals surface area (Å²) in [5.74, 6) is -5.96. The van der Waals surface area contributed by atoms with Gasteiger partial charge in [-0.2, -0.15) is 0 Å². The number of benzene rings is 1. The molecule has 2 unspecified atom stereocenters. The molecule has 2 saturated heterocycles. The number of hydrogen-bond acceptors (Lipinski definition) is 7. The van der Waals surface area contributed by atoms with E-state index in [-0.39, 0.29) is 49.0 Å². The Morgan fingerprint density at radius 1 is 1.28 bits per heavy atom. The number of nitrogens with zero attached hydrogens (tertiary/aromatic N) is 2. The molecule has 9 nitrogen and oxygen atoms in total. The van der Waals surface area contributed by atoms with Gasteiger partial charge in [0.2, 0.25) is 11.7 Å². The van der Waals surface area contributed by atoms with Crippen LogP contribution in [0.2, 0.25) is 5.02 Å². The average molecular weight is 465 g/mol. The summed E-state index contributed by atoms with van der Waals surface area (Å²) in [5, 5.41) is -0.0948. The van der Waals surface area contributed by atoms with Crippen LogP contribution >= 0.6 is 11.6 Å². The lowest BCUT2D eigenvalue weighted by molar-refractivity contribution is -0.168. The highest BCUT2D eigenvalue weighted by Gasteiger charge is 2.52. The topological polar surface area (TPSA) is 110 Å². The van der Waals surface area contributed by atoms with Crippen LogP contribution in [0.4, 0.5) is 4.39 Å². The smallest absolute Gasteiger partial charge is 0.355 e. The predicted octanol–water partition coefficient (Wildman–Crippen LogP) is 0.982. The van der Waals surface area contributed by atoms with Crippen LogP contribution < -0.4 is 0 Å². The van der Waals surface area contributed by atoms with Crippen molar-refractivity contribution in [2.45, 2.75) is 26.0 Å². The fourth-order valence-corrected chi connectivity index (χ4v) is 4.28. The minimum atomic E-state index is -1.41. The lowest BCUT2D eigenvalue weighted by atomic mass is 9.81. The second-order valence-electron chi connectivity index (χ2n) is 7.68. The molecule has 32 heavy (non-hydrogen) atoms. The molecule has 0 saturated carbocycles. The van der Waals surface area contributed by atoms with E-state index in [9.17, 15) is 28.4 Å². The lowest BCUT2D eigenvalue weighted by Gasteiger charge is -2.42. The Kier molecular flexibility index (Phi) is 5.72. The summed E-state index contributed by atoms with van der Waals surface area (Å²) >= 11 is 5.80. The van der Waals surface area contributed by atoms with Crippen LogP contribution in [0.5, 0.6) is 0 Å². The molecule has 2 amide bonds. The normalized spacial score (nSPS) is 23.1. The SMILES string of the molecule is CC(=O)OCC1CN2C(=O)C(=O)C3C(=O)N(Cc4ccc(F)c(Cl)c4)CCC3=C2C(=O)O1. The third-order valence-electron chi connectivity index (χ3n) is 5.53. The Balaban J connectivity index is 1.59. The van der Waals surface area contributed by atoms with E-state index in [2.05, 4.69) is 0 Å². The van der Waals surface area contributed by atoms with E-state index in [1.165, 1.54) is 30.0 Å². The van der Waals surface area contributed by atoms with Crippen molar-refractivity contribution in [3.8, 4) is 0 Å². The minimum Gasteiger partial charge on any atom is -0.462 e. The van der Waals surface area contributed by atoms with E-state index in [1.54, 1.807) is 0 Å². The number of morpholine rings is 1. The zero-order valence-electron chi connectivity index (χ0n) is 16.9. The number of cyclic esters (lactones) is 1. The molecule has 0 radical (unpaired) electrons. The van der Waals surface area contributed by atoms with E-state index in [0.29, 0.717) is 5.56 Å². The molecular formula is C21H18ClFN2O7. The zero-order chi connectivity index (χ0) is 23.2. The van der Waals surface area contributed by atoms with Crippen molar-refractivity contribution in [2.24, 2.45) is 5.92 Å². The maximum Gasteiger partial charge on any atom is 0.355 e. The first-order chi connectivity index (χ1) is 15.2. The second-order valence-corrected chi connectivity index (χ2v) is 8.08. The molecule has 2 atom stereocenters. The third-order valence-corrected chi connectivity index (χ3v) is 5.82. The zero-order valence-corrected chi connectivity index (χ0v) is 17.7. The number of rotatable bonds is 4. The van der Waals surface area contributed by atoms with Crippen molar-refractivity contribution >= 4 is 41.1 Å². The monoisotopic (exact) mass is 464 g/mol. The van der Waals surface area contributed by atoms with Gasteiger partial charge in [0.25, 0.3) is 5.91 Å². The van der Waals surface area contributed by atoms with Gasteiger partial charge >= 0.3 is 11.9 Å². The van der Waals surface area contributed by atoms with Crippen LogP contribution in [0.1, 0.15) is 18.9 Å². The Hall–Kier alpha value is -3.27. The summed E-state index contributed by atoms with van der Waals surface area (Å²) in [6.45, 7) is 1.04. The van der Waals surface area contributed by atoms with Crippen LogP contribution in [0.3, 0.4) is 0 Å². The Bertz CT molecular complexity index is 1090. The third kappa shape index (κ3) is 3.86. The van der Waals surface area contributed by atoms with Crippen LogP contribution in [-0.2, 0) is 40.0 Å². The number of esters is 2. The first-order valence-electron chi connectivity index (χ1n) is 9.83. The quantitative estimate of drug-likeness (QED) is 0.371. The fourth-order valence-electron chi connectivity index (χ4n) is 4.07. The molecule has 1 aromatic rings. The standard InChI is InChI=1S/C21H18ClFN2O7/c1-10(26)31-9-12-8-25-17(21(30)32-12)13-4-5-24(19(28)16(13)18(27)20(25)29)7-11-2-3-15(23)14(22)6-11/h2-3,6,12,16H,4-5,7-9H2,1H3. The van der Waals surface area contributed by atoms with E-state index in [0.717, 1.165) is 4.90 Å². The molecule has 3 aliphatic heterocycles. The van der Waals surface area contributed by atoms with Crippen LogP contribution in [0, 0.1) is 11.7 Å². The van der Waals surface area contributed by atoms with E-state index in [1.807, 2.05) is 0 Å². The second kappa shape index (κ2) is 8.34. The van der Waals surface area contributed by atoms with Crippen molar-refractivity contribution < 1.29 is 37.8 Å². The van der Waals surface area contributed by atoms with Crippen molar-refractivity contribution in [3.05, 3.63) is 45.9 Å². The molecule has 0 aromatic heterocycles. The summed E-state index contributed by atoms with van der Waals surface area (Å²) in [5.41, 5.74) is 0.697. The molecule has 0 N–H and O–H groups in total. The molecule has 168 valence electrons. The number of fused-ring (bicyclic) bond motifs is 2. The van der Waals surface area contributed by atoms with Crippen molar-refractivity contribution in [1.29, 1.82) is 0 Å². The Morgan fingerprint density at radius 3 is 2.72 bits per heavy atom. The highest BCUT2D eigenvalue weighted by molar-refractivity contribution is 6.43. The summed E-state index contributed by atoms with van der Waals surface area (Å²) in [7, 11) is 0. The maximum absolute atomic E-state index is 13.4. The number of halogens is 2. The van der Waals surface area contributed by atoms with E-state index >= 15 is 0 Å². The number of ketones is 1. The largest absolute Gasteiger partial charge is 0.462 e. The average Bonchev–Trinajstić information content (AvgIpc) is 2.74. The molecular weight excluding hydrogens is 447 g/mol. The van der Waals surface area contributed by atoms with Gasteiger partial charge in [-0.25, -0.2) is 9.18 Å². The van der Waals surface area contributed by atoms with Gasteiger partial charge in [0.05, 0.1) is 11.6 Å². The summed E-state index contributed by atoms with van der Waals surface area (Å²) in [6.07, 6.45) is -0.733. The fraction of sp³-hybridized carbons (Fsp3) is 0.381. The number of likely N-dealkylation sites (tertiary alicyclic amines) is 1. The highest BCUT2D eigenvalue weighted by Crippen LogP contribution is 2.37. The molecule has 2 fully saturated rings. The molecule has 0 bridgehead atoms. The van der Waals surface area contributed by atoms with Crippen LogP contribution in [-0.4, -0.2) is 65.1 Å². The van der Waals surface area contributed by atoms with Gasteiger partial charge < -0.3 is 14.4 Å². The van der Waals surface area contributed by atoms with Crippen LogP contribution in [0.15, 0.2) is 29.5 Å². The maximum atomic E-state index is 13.4. The van der Waals surface area contributed by atoms with Gasteiger partial charge in [-0.05, 0) is 29.7 Å². The summed E-state index contributed by atoms with van der Waals surface area (Å²) < 4.78 is 23.5. The van der Waals surface area contributed by atoms with Gasteiger partial charge in [0.15, 0.2) is 6.10 Å². The summed E-state index contributed by atoms with van der Waals surface area (Å²) in [4.78, 5) is 64.7. The number of carbonyl (C=O) groups excluding carboxylic acids is 5. The number of ether oxygens (including phenoxy) is 2. The van der Waals surface area contributed by atoms with Crippen molar-refractivity contribution in [3.63, 3.8) is 0 Å². The Morgan fingerprint density at radius 2 is 2.03 bits per heavy atom. The predicted molar refractivity (Wildman–Crippen MR) is 105 cm³/mol. The van der Waals surface area contributed by atoms with Gasteiger partial charge in [-0.15, -0.1) is 0 Å². The molecule has 0 aliphatic carbocycles. The molecule has 3 heterocycles. The number of amides is 2. The van der Waals surface area contributed by atoms with Gasteiger partial charge in [-0.1, -0.05) is 17.7 Å². The Labute approximate surface area is 186 Å². The first-order valence-corrected chi connectivity index (χ1v) is 10.2. The molecule has 11 heteroatoms. The molecule has 0 spiro atoms. The van der Waals surface area contributed by atoms with Crippen molar-refractivity contribution in [2.75, 3.05) is 19.7 Å². The molecule has 3 aliphatic rings. The van der Waals surface area contributed by atoms with Crippen molar-refractivity contribution in [1.82, 2.24) is 9.80 Å². The minimum absolute atomic E-state index is 0.0675. The highest BCUT2D eigenvalue weighted by atomic mass is 35.5. The van der Waals surface area contributed by atoms with Gasteiger partial charge in [-0.3, -0.25) is 24.1 Å². The van der Waals surface area contributed by atoms with Gasteiger partial charge in [0.1, 0.15) is 24.0 Å². The summed E-state index contributed by atoms with van der Waals surface area (Å²) in [6, 6.07) is 4.03. The first kappa shape index (κ1) is 21.9. The molecule has 1 aromatic carbocycles.